The summed E-state index contributed by atoms with van der Waals surface area (Å²) in [4.78, 5) is 12.2. The number of ether oxygens (including phenoxy) is 1. The van der Waals surface area contributed by atoms with E-state index in [4.69, 9.17) is 27.9 Å². The number of hydrogen-bond donors (Lipinski definition) is 2. The molecule has 0 spiro atoms. The smallest absolute Gasteiger partial charge is 0.261 e. The Morgan fingerprint density at radius 2 is 1.78 bits per heavy atom. The number of amides is 1. The molecule has 0 fully saturated rings. The fourth-order valence-electron chi connectivity index (χ4n) is 2.78. The van der Waals surface area contributed by atoms with E-state index in [1.54, 1.807) is 24.3 Å². The highest BCUT2D eigenvalue weighted by atomic mass is 79.9. The molecule has 0 aliphatic heterocycles. The van der Waals surface area contributed by atoms with Gasteiger partial charge in [0.2, 0.25) is 0 Å². The Kier molecular flexibility index (Phi) is 8.05. The second-order valence-corrected chi connectivity index (χ2v) is 10.3. The van der Waals surface area contributed by atoms with Crippen LogP contribution in [-0.4, -0.2) is 20.9 Å². The second-order valence-electron chi connectivity index (χ2n) is 6.84. The number of anilines is 1. The first-order valence-corrected chi connectivity index (χ1v) is 12.4. The first-order chi connectivity index (χ1) is 15.1. The fraction of sp³-hybridized carbons (Fsp3) is 0.136. The molecule has 3 aromatic carbocycles. The topological polar surface area (TPSA) is 84.5 Å². The molecule has 0 unspecified atom stereocenters. The largest absolute Gasteiger partial charge is 0.482 e. The number of rotatable bonds is 8. The van der Waals surface area contributed by atoms with Gasteiger partial charge in [0.1, 0.15) is 5.75 Å². The zero-order chi connectivity index (χ0) is 23.3. The standard InChI is InChI=1S/C22H19BrCl2N2O4S/c1-14(15-3-2-4-16(23)11-15)26-22(28)13-31-21-10-9-19(12-20(21)25)32(29,30)27-18-7-5-17(24)6-8-18/h2-12,14,27H,13H2,1H3,(H,26,28)/t14-/m0/s1. The molecule has 0 aliphatic rings. The van der Waals surface area contributed by atoms with Crippen LogP contribution in [0.25, 0.3) is 0 Å². The summed E-state index contributed by atoms with van der Waals surface area (Å²) in [7, 11) is -3.86. The van der Waals surface area contributed by atoms with E-state index in [2.05, 4.69) is 26.0 Å². The van der Waals surface area contributed by atoms with Crippen molar-refractivity contribution in [2.45, 2.75) is 17.9 Å². The normalized spacial score (nSPS) is 12.1. The van der Waals surface area contributed by atoms with Crippen LogP contribution in [0.3, 0.4) is 0 Å². The molecular formula is C22H19BrCl2N2O4S. The van der Waals surface area contributed by atoms with Crippen LogP contribution in [0.2, 0.25) is 10.0 Å². The lowest BCUT2D eigenvalue weighted by Gasteiger charge is -2.15. The molecule has 1 atom stereocenters. The summed E-state index contributed by atoms with van der Waals surface area (Å²) < 4.78 is 34.0. The van der Waals surface area contributed by atoms with E-state index in [-0.39, 0.29) is 34.2 Å². The Morgan fingerprint density at radius 1 is 1.06 bits per heavy atom. The van der Waals surface area contributed by atoms with E-state index < -0.39 is 10.0 Å². The molecule has 6 nitrogen and oxygen atoms in total. The lowest BCUT2D eigenvalue weighted by molar-refractivity contribution is -0.123. The fourth-order valence-corrected chi connectivity index (χ4v) is 4.71. The molecule has 10 heteroatoms. The summed E-state index contributed by atoms with van der Waals surface area (Å²) in [5, 5.41) is 3.40. The van der Waals surface area contributed by atoms with Crippen LogP contribution in [0.5, 0.6) is 5.75 Å². The molecule has 0 saturated carbocycles. The first kappa shape index (κ1) is 24.4. The van der Waals surface area contributed by atoms with Gasteiger partial charge in [-0.15, -0.1) is 0 Å². The summed E-state index contributed by atoms with van der Waals surface area (Å²) in [5.74, 6) is -0.142. The van der Waals surface area contributed by atoms with Crippen molar-refractivity contribution in [1.29, 1.82) is 0 Å². The van der Waals surface area contributed by atoms with Gasteiger partial charge >= 0.3 is 0 Å². The zero-order valence-electron chi connectivity index (χ0n) is 16.8. The van der Waals surface area contributed by atoms with Gasteiger partial charge in [0.05, 0.1) is 16.0 Å². The Bertz CT molecular complexity index is 1220. The van der Waals surface area contributed by atoms with Crippen LogP contribution in [0.4, 0.5) is 5.69 Å². The zero-order valence-corrected chi connectivity index (χ0v) is 20.7. The molecule has 0 bridgehead atoms. The Labute approximate surface area is 205 Å². The second kappa shape index (κ2) is 10.6. The van der Waals surface area contributed by atoms with Crippen LogP contribution < -0.4 is 14.8 Å². The van der Waals surface area contributed by atoms with E-state index in [9.17, 15) is 13.2 Å². The molecule has 0 aromatic heterocycles. The first-order valence-electron chi connectivity index (χ1n) is 9.39. The lowest BCUT2D eigenvalue weighted by atomic mass is 10.1. The van der Waals surface area contributed by atoms with Crippen LogP contribution in [0.1, 0.15) is 18.5 Å². The third-order valence-corrected chi connectivity index (χ3v) is 6.81. The van der Waals surface area contributed by atoms with Gasteiger partial charge in [-0.25, -0.2) is 8.42 Å². The maximum absolute atomic E-state index is 12.6. The highest BCUT2D eigenvalue weighted by Crippen LogP contribution is 2.28. The van der Waals surface area contributed by atoms with Gasteiger partial charge in [-0.1, -0.05) is 51.3 Å². The molecule has 0 saturated heterocycles. The molecule has 0 heterocycles. The Hall–Kier alpha value is -2.26. The highest BCUT2D eigenvalue weighted by molar-refractivity contribution is 9.10. The number of nitrogens with one attached hydrogen (secondary N) is 2. The number of halogens is 3. The van der Waals surface area contributed by atoms with Gasteiger partial charge in [0.15, 0.2) is 6.61 Å². The van der Waals surface area contributed by atoms with E-state index in [0.29, 0.717) is 10.7 Å². The minimum Gasteiger partial charge on any atom is -0.482 e. The molecule has 0 aliphatic carbocycles. The van der Waals surface area contributed by atoms with Crippen molar-refractivity contribution in [3.05, 3.63) is 86.8 Å². The van der Waals surface area contributed by atoms with Crippen molar-refractivity contribution in [3.8, 4) is 5.75 Å². The van der Waals surface area contributed by atoms with Crippen molar-refractivity contribution >= 4 is 60.7 Å². The average molecular weight is 558 g/mol. The number of hydrogen-bond acceptors (Lipinski definition) is 4. The Balaban J connectivity index is 1.61. The summed E-state index contributed by atoms with van der Waals surface area (Å²) in [5.41, 5.74) is 1.30. The van der Waals surface area contributed by atoms with E-state index in [1.165, 1.54) is 18.2 Å². The van der Waals surface area contributed by atoms with Crippen LogP contribution >= 0.6 is 39.1 Å². The molecule has 1 amide bonds. The van der Waals surface area contributed by atoms with Gasteiger partial charge in [-0.3, -0.25) is 9.52 Å². The molecular weight excluding hydrogens is 539 g/mol. The maximum atomic E-state index is 12.6. The van der Waals surface area contributed by atoms with Crippen molar-refractivity contribution in [2.24, 2.45) is 0 Å². The molecule has 3 rings (SSSR count). The van der Waals surface area contributed by atoms with Crippen molar-refractivity contribution < 1.29 is 17.9 Å². The van der Waals surface area contributed by atoms with Crippen LogP contribution in [0, 0.1) is 0 Å². The molecule has 168 valence electrons. The quantitative estimate of drug-likeness (QED) is 0.366. The lowest BCUT2D eigenvalue weighted by Crippen LogP contribution is -2.31. The molecule has 0 radical (unpaired) electrons. The Morgan fingerprint density at radius 3 is 2.44 bits per heavy atom. The van der Waals surface area contributed by atoms with Crippen molar-refractivity contribution in [3.63, 3.8) is 0 Å². The van der Waals surface area contributed by atoms with Gasteiger partial charge in [-0.2, -0.15) is 0 Å². The monoisotopic (exact) mass is 556 g/mol. The van der Waals surface area contributed by atoms with Crippen molar-refractivity contribution in [1.82, 2.24) is 5.32 Å². The summed E-state index contributed by atoms with van der Waals surface area (Å²) in [6.45, 7) is 1.59. The van der Waals surface area contributed by atoms with Crippen LogP contribution in [0.15, 0.2) is 76.1 Å². The minimum atomic E-state index is -3.86. The molecule has 3 aromatic rings. The third kappa shape index (κ3) is 6.62. The predicted octanol–water partition coefficient (Wildman–Crippen LogP) is 5.81. The van der Waals surface area contributed by atoms with Crippen molar-refractivity contribution in [2.75, 3.05) is 11.3 Å². The number of sulfonamides is 1. The number of carbonyl (C=O) groups excluding carboxylic acids is 1. The summed E-state index contributed by atoms with van der Waals surface area (Å²) in [6, 6.07) is 17.7. The van der Waals surface area contributed by atoms with Gasteiger partial charge in [0, 0.05) is 15.2 Å². The predicted molar refractivity (Wildman–Crippen MR) is 130 cm³/mol. The van der Waals surface area contributed by atoms with Crippen LogP contribution in [-0.2, 0) is 14.8 Å². The number of carbonyl (C=O) groups is 1. The van der Waals surface area contributed by atoms with Gasteiger partial charge < -0.3 is 10.1 Å². The maximum Gasteiger partial charge on any atom is 0.261 e. The van der Waals surface area contributed by atoms with E-state index in [1.807, 2.05) is 31.2 Å². The average Bonchev–Trinajstić information content (AvgIpc) is 2.74. The summed E-state index contributed by atoms with van der Waals surface area (Å²) in [6.07, 6.45) is 0. The van der Waals surface area contributed by atoms with Gasteiger partial charge in [-0.05, 0) is 67.1 Å². The third-order valence-electron chi connectivity index (χ3n) is 4.40. The number of benzene rings is 3. The summed E-state index contributed by atoms with van der Waals surface area (Å²) >= 11 is 15.4. The van der Waals surface area contributed by atoms with E-state index >= 15 is 0 Å². The van der Waals surface area contributed by atoms with E-state index in [0.717, 1.165) is 10.0 Å². The SMILES string of the molecule is C[C@H](NC(=O)COc1ccc(S(=O)(=O)Nc2ccc(Cl)cc2)cc1Cl)c1cccc(Br)c1. The molecule has 32 heavy (non-hydrogen) atoms. The molecule has 2 N–H and O–H groups in total. The minimum absolute atomic E-state index is 0.0440. The van der Waals surface area contributed by atoms with Gasteiger partial charge in [0.25, 0.3) is 15.9 Å². The highest BCUT2D eigenvalue weighted by Gasteiger charge is 2.17.